The van der Waals surface area contributed by atoms with E-state index >= 15 is 0 Å². The van der Waals surface area contributed by atoms with Crippen molar-refractivity contribution in [2.24, 2.45) is 0 Å². The van der Waals surface area contributed by atoms with Gasteiger partial charge in [0.1, 0.15) is 43.2 Å². The van der Waals surface area contributed by atoms with Crippen molar-refractivity contribution in [1.82, 2.24) is 0 Å². The number of esters is 2. The Bertz CT molecular complexity index is 1110. The highest BCUT2D eigenvalue weighted by Gasteiger charge is 2.51. The van der Waals surface area contributed by atoms with Gasteiger partial charge in [-0.15, -0.1) is 0 Å². The first-order chi connectivity index (χ1) is 30.4. The lowest BCUT2D eigenvalue weighted by Gasteiger charge is -2.41. The molecule has 0 aromatic heterocycles. The van der Waals surface area contributed by atoms with E-state index in [2.05, 4.69) is 13.8 Å². The van der Waals surface area contributed by atoms with Crippen molar-refractivity contribution in [3.05, 3.63) is 0 Å². The molecule has 0 aliphatic heterocycles. The SMILES string of the molecule is CCCCCCCCCCCCCCCCCCCCCCCCCC(=O)O[C@H](COC(=O)CCCCCCCCCCCCC)COP(=O)(O)OC1C(O)C(O)C(O)[C@@H](O)C1O. The Labute approximate surface area is 382 Å². The maximum absolute atomic E-state index is 12.8. The molecule has 1 aliphatic carbocycles. The Morgan fingerprint density at radius 1 is 0.429 bits per heavy atom. The molecule has 1 saturated carbocycles. The third kappa shape index (κ3) is 32.2. The fourth-order valence-electron chi connectivity index (χ4n) is 8.29. The van der Waals surface area contributed by atoms with Crippen molar-refractivity contribution in [2.75, 3.05) is 13.2 Å². The molecule has 14 heteroatoms. The molecule has 13 nitrogen and oxygen atoms in total. The molecule has 0 heterocycles. The number of carbonyl (C=O) groups is 2. The Balaban J connectivity index is 2.32. The number of aliphatic hydroxyl groups excluding tert-OH is 5. The molecule has 63 heavy (non-hydrogen) atoms. The number of carbonyl (C=O) groups excluding carboxylic acids is 2. The van der Waals surface area contributed by atoms with Gasteiger partial charge in [-0.25, -0.2) is 4.57 Å². The molecule has 0 aromatic carbocycles. The van der Waals surface area contributed by atoms with Crippen LogP contribution in [0.1, 0.15) is 245 Å². The van der Waals surface area contributed by atoms with Crippen LogP contribution in [-0.4, -0.2) is 98.3 Å². The molecule has 6 N–H and O–H groups in total. The molecule has 0 radical (unpaired) electrons. The number of unbranched alkanes of at least 4 members (excludes halogenated alkanes) is 32. The summed E-state index contributed by atoms with van der Waals surface area (Å²) in [5, 5.41) is 50.2. The van der Waals surface area contributed by atoms with E-state index in [9.17, 15) is 44.6 Å². The van der Waals surface area contributed by atoms with E-state index in [1.165, 1.54) is 167 Å². The second-order valence-corrected chi connectivity index (χ2v) is 19.8. The Hall–Kier alpha value is -1.15. The van der Waals surface area contributed by atoms with E-state index in [1.807, 2.05) is 0 Å². The molecular formula is C49H95O13P. The third-order valence-electron chi connectivity index (χ3n) is 12.4. The number of hydrogen-bond acceptors (Lipinski definition) is 12. The lowest BCUT2D eigenvalue weighted by Crippen LogP contribution is -2.64. The van der Waals surface area contributed by atoms with E-state index in [-0.39, 0.29) is 12.8 Å². The predicted octanol–water partition coefficient (Wildman–Crippen LogP) is 10.8. The van der Waals surface area contributed by atoms with Crippen molar-refractivity contribution >= 4 is 19.8 Å². The molecule has 374 valence electrons. The highest BCUT2D eigenvalue weighted by atomic mass is 31.2. The fourth-order valence-corrected chi connectivity index (χ4v) is 9.26. The van der Waals surface area contributed by atoms with Gasteiger partial charge >= 0.3 is 19.8 Å². The average molecular weight is 923 g/mol. The summed E-state index contributed by atoms with van der Waals surface area (Å²) in [4.78, 5) is 35.7. The van der Waals surface area contributed by atoms with E-state index in [1.54, 1.807) is 0 Å². The molecular weight excluding hydrogens is 828 g/mol. The quantitative estimate of drug-likeness (QED) is 0.0191. The summed E-state index contributed by atoms with van der Waals surface area (Å²) in [6, 6.07) is 0. The summed E-state index contributed by atoms with van der Waals surface area (Å²) >= 11 is 0. The maximum atomic E-state index is 12.8. The van der Waals surface area contributed by atoms with Crippen molar-refractivity contribution < 1.29 is 63.1 Å². The molecule has 1 aliphatic rings. The van der Waals surface area contributed by atoms with Gasteiger partial charge in [0.05, 0.1) is 6.61 Å². The van der Waals surface area contributed by atoms with Crippen LogP contribution in [0, 0.1) is 0 Å². The highest BCUT2D eigenvalue weighted by Crippen LogP contribution is 2.47. The van der Waals surface area contributed by atoms with Gasteiger partial charge in [-0.05, 0) is 12.8 Å². The molecule has 8 atom stereocenters. The standard InChI is InChI=1S/C49H95O13P/c1-3-5-7-9-11-13-15-16-17-18-19-20-21-22-23-24-25-26-28-30-32-34-36-38-43(51)61-41(39-59-42(50)37-35-33-31-29-27-14-12-10-8-6-4-2)40-60-63(57,58)62-49-47(55)45(53)44(52)46(54)48(49)56/h41,44-49,52-56H,3-40H2,1-2H3,(H,57,58)/t41-,44?,45-,46?,47?,48?,49?/m1/s1. The van der Waals surface area contributed by atoms with Gasteiger partial charge in [0.15, 0.2) is 6.10 Å². The van der Waals surface area contributed by atoms with Crippen LogP contribution in [-0.2, 0) is 32.7 Å². The number of ether oxygens (including phenoxy) is 2. The van der Waals surface area contributed by atoms with Crippen LogP contribution >= 0.6 is 7.82 Å². The first-order valence-electron chi connectivity index (χ1n) is 25.8. The summed E-state index contributed by atoms with van der Waals surface area (Å²) in [5.41, 5.74) is 0. The zero-order chi connectivity index (χ0) is 46.4. The van der Waals surface area contributed by atoms with Crippen molar-refractivity contribution in [2.45, 2.75) is 288 Å². The second kappa shape index (κ2) is 40.0. The first-order valence-corrected chi connectivity index (χ1v) is 27.3. The van der Waals surface area contributed by atoms with E-state index in [4.69, 9.17) is 18.5 Å². The van der Waals surface area contributed by atoms with Gasteiger partial charge in [-0.1, -0.05) is 219 Å². The molecule has 1 rings (SSSR count). The van der Waals surface area contributed by atoms with Crippen LogP contribution in [0.15, 0.2) is 0 Å². The largest absolute Gasteiger partial charge is 0.472 e. The molecule has 6 unspecified atom stereocenters. The zero-order valence-corrected chi connectivity index (χ0v) is 40.8. The summed E-state index contributed by atoms with van der Waals surface area (Å²) in [5.74, 6) is -1.08. The maximum Gasteiger partial charge on any atom is 0.472 e. The summed E-state index contributed by atoms with van der Waals surface area (Å²) in [6.45, 7) is 3.33. The molecule has 1 fully saturated rings. The van der Waals surface area contributed by atoms with Crippen LogP contribution in [0.2, 0.25) is 0 Å². The van der Waals surface area contributed by atoms with Crippen molar-refractivity contribution in [3.63, 3.8) is 0 Å². The third-order valence-corrected chi connectivity index (χ3v) is 13.4. The predicted molar refractivity (Wildman–Crippen MR) is 249 cm³/mol. The Morgan fingerprint density at radius 3 is 1.05 bits per heavy atom. The number of rotatable bonds is 44. The summed E-state index contributed by atoms with van der Waals surface area (Å²) in [7, 11) is -5.11. The summed E-state index contributed by atoms with van der Waals surface area (Å²) < 4.78 is 33.6. The minimum absolute atomic E-state index is 0.105. The van der Waals surface area contributed by atoms with Gasteiger partial charge in [-0.3, -0.25) is 18.6 Å². The number of hydrogen-bond donors (Lipinski definition) is 6. The normalized spacial score (nSPS) is 21.6. The lowest BCUT2D eigenvalue weighted by atomic mass is 9.85. The molecule has 0 aromatic rings. The van der Waals surface area contributed by atoms with E-state index in [0.29, 0.717) is 12.8 Å². The van der Waals surface area contributed by atoms with Gasteiger partial charge < -0.3 is 39.9 Å². The molecule has 0 saturated heterocycles. The Morgan fingerprint density at radius 2 is 0.714 bits per heavy atom. The second-order valence-electron chi connectivity index (χ2n) is 18.4. The zero-order valence-electron chi connectivity index (χ0n) is 39.9. The Kier molecular flexibility index (Phi) is 38.0. The van der Waals surface area contributed by atoms with Gasteiger partial charge in [0, 0.05) is 12.8 Å². The average Bonchev–Trinajstić information content (AvgIpc) is 3.26. The fraction of sp³-hybridized carbons (Fsp3) is 0.959. The topological polar surface area (TPSA) is 210 Å². The first kappa shape index (κ1) is 59.9. The van der Waals surface area contributed by atoms with E-state index < -0.39 is 75.7 Å². The van der Waals surface area contributed by atoms with Gasteiger partial charge in [-0.2, -0.15) is 0 Å². The monoisotopic (exact) mass is 923 g/mol. The minimum Gasteiger partial charge on any atom is -0.462 e. The lowest BCUT2D eigenvalue weighted by molar-refractivity contribution is -0.220. The molecule has 0 amide bonds. The van der Waals surface area contributed by atoms with Crippen LogP contribution in [0.5, 0.6) is 0 Å². The van der Waals surface area contributed by atoms with Gasteiger partial charge in [0.25, 0.3) is 0 Å². The number of aliphatic hydroxyl groups is 5. The number of phosphoric ester groups is 1. The number of phosphoric acid groups is 1. The summed E-state index contributed by atoms with van der Waals surface area (Å²) in [6.07, 6.45) is 28.8. The smallest absolute Gasteiger partial charge is 0.462 e. The minimum atomic E-state index is -5.11. The van der Waals surface area contributed by atoms with Crippen LogP contribution in [0.4, 0.5) is 0 Å². The van der Waals surface area contributed by atoms with Crippen LogP contribution in [0.3, 0.4) is 0 Å². The van der Waals surface area contributed by atoms with Crippen molar-refractivity contribution in [1.29, 1.82) is 0 Å². The van der Waals surface area contributed by atoms with E-state index in [0.717, 1.165) is 38.5 Å². The van der Waals surface area contributed by atoms with Crippen molar-refractivity contribution in [3.8, 4) is 0 Å². The molecule has 0 spiro atoms. The molecule has 0 bridgehead atoms. The van der Waals surface area contributed by atoms with Crippen LogP contribution < -0.4 is 0 Å². The highest BCUT2D eigenvalue weighted by molar-refractivity contribution is 7.47. The van der Waals surface area contributed by atoms with Crippen LogP contribution in [0.25, 0.3) is 0 Å². The van der Waals surface area contributed by atoms with Gasteiger partial charge in [0.2, 0.25) is 0 Å².